The Morgan fingerprint density at radius 1 is 0.471 bits per heavy atom. The fourth-order valence-electron chi connectivity index (χ4n) is 4.89. The number of benzene rings is 1. The highest BCUT2D eigenvalue weighted by Gasteiger charge is 3.02. The zero-order valence-corrected chi connectivity index (χ0v) is 31.7. The molecule has 1 aromatic rings. The van der Waals surface area contributed by atoms with E-state index in [0.29, 0.717) is 19.1 Å². The molecule has 41 heteroatoms. The number of amides is 1. The third kappa shape index (κ3) is 8.07. The van der Waals surface area contributed by atoms with Gasteiger partial charge in [-0.15, -0.1) is 0 Å². The molecule has 0 aliphatic carbocycles. The van der Waals surface area contributed by atoms with Crippen LogP contribution in [0.1, 0.15) is 28.4 Å². The number of rotatable bonds is 20. The fraction of sp³-hybridized carbons (Fsp3) is 0.655. The topological polar surface area (TPSA) is 114 Å². The summed E-state index contributed by atoms with van der Waals surface area (Å²) in [5, 5.41) is 1.09. The molecule has 0 saturated carbocycles. The highest BCUT2D eigenvalue weighted by molar-refractivity contribution is 5.99. The van der Waals surface area contributed by atoms with Crippen molar-refractivity contribution in [2.45, 2.75) is 109 Å². The van der Waals surface area contributed by atoms with Crippen LogP contribution < -0.4 is 5.32 Å². The molecule has 8 nitrogen and oxygen atoms in total. The third-order valence-electron chi connectivity index (χ3n) is 8.79. The van der Waals surface area contributed by atoms with Gasteiger partial charge >= 0.3 is 101 Å². The predicted molar refractivity (Wildman–Crippen MR) is 150 cm³/mol. The Hall–Kier alpha value is -5.39. The Morgan fingerprint density at radius 2 is 0.743 bits per heavy atom. The Labute approximate surface area is 358 Å². The molecule has 0 aliphatic heterocycles. The number of carbonyl (C=O) groups excluding carboxylic acids is 4. The number of hydrogen-bond acceptors (Lipinski definition) is 7. The molecule has 1 N–H and O–H groups in total. The van der Waals surface area contributed by atoms with Gasteiger partial charge < -0.3 is 10.1 Å². The highest BCUT2D eigenvalue weighted by atomic mass is 19.4. The van der Waals surface area contributed by atoms with Crippen molar-refractivity contribution in [1.82, 2.24) is 5.32 Å². The lowest BCUT2D eigenvalue weighted by atomic mass is 9.81. The molecule has 0 bridgehead atoms. The SMILES string of the molecule is CC(=O)OCNC(=O)c1cc(N=C=O)c(N=C=O)c(C)c1C(F)(F)C(F)(F)C(F)(F)C(F)(F)C(F)(F)C(F)(F)C(F)(F)C(F)(F)C(F)(F)C(F)(F)C(F)(F)C(F)(F)C(F)(F)C(F)(F)C(F)(F)C(F)(F)F. The largest absolute Gasteiger partial charge is 0.460 e. The number of alkyl halides is 33. The molecule has 0 atom stereocenters. The van der Waals surface area contributed by atoms with E-state index >= 15 is 17.6 Å². The Morgan fingerprint density at radius 3 is 1.00 bits per heavy atom. The van der Waals surface area contributed by atoms with Gasteiger partial charge in [-0.05, 0) is 18.6 Å². The van der Waals surface area contributed by atoms with Crippen LogP contribution in [0.2, 0.25) is 0 Å². The van der Waals surface area contributed by atoms with Gasteiger partial charge in [-0.25, -0.2) is 9.59 Å². The Bertz CT molecular complexity index is 2290. The lowest BCUT2D eigenvalue weighted by molar-refractivity contribution is -0.491. The molecule has 1 rings (SSSR count). The maximum Gasteiger partial charge on any atom is 0.460 e. The normalized spacial score (nSPS) is 15.2. The first kappa shape index (κ1) is 62.6. The number of hydrogen-bond donors (Lipinski definition) is 1. The molecular weight excluding hydrogens is 1100 g/mol. The second kappa shape index (κ2) is 17.4. The molecule has 0 fully saturated rings. The average molecular weight is 1110 g/mol. The van der Waals surface area contributed by atoms with Crippen molar-refractivity contribution >= 4 is 35.4 Å². The summed E-state index contributed by atoms with van der Waals surface area (Å²) >= 11 is 0. The lowest BCUT2D eigenvalue weighted by Gasteiger charge is -2.47. The van der Waals surface area contributed by atoms with E-state index in [9.17, 15) is 147 Å². The number of isocyanates is 2. The minimum atomic E-state index is -10.4. The molecule has 402 valence electrons. The Kier molecular flexibility index (Phi) is 15.6. The summed E-state index contributed by atoms with van der Waals surface area (Å²) in [4.78, 5) is 50.0. The van der Waals surface area contributed by atoms with Gasteiger partial charge in [0.05, 0.1) is 5.56 Å². The van der Waals surface area contributed by atoms with Crippen molar-refractivity contribution < 1.29 is 169 Å². The van der Waals surface area contributed by atoms with E-state index in [0.717, 1.165) is 5.32 Å². The molecule has 1 aromatic carbocycles. The van der Waals surface area contributed by atoms with E-state index < -0.39 is 148 Å². The molecule has 0 heterocycles. The van der Waals surface area contributed by atoms with Gasteiger partial charge in [-0.1, -0.05) is 0 Å². The van der Waals surface area contributed by atoms with Crippen LogP contribution in [0, 0.1) is 6.92 Å². The van der Waals surface area contributed by atoms with Crippen LogP contribution in [0.3, 0.4) is 0 Å². The first-order valence-electron chi connectivity index (χ1n) is 15.9. The molecule has 0 aromatic heterocycles. The summed E-state index contributed by atoms with van der Waals surface area (Å²) in [7, 11) is 0. The highest BCUT2D eigenvalue weighted by Crippen LogP contribution is 2.70. The standard InChI is InChI=1S/C29H10F33N3O5/c1-7-11(9(13(69)65-6-70-8(2)68)3-10(63-4-66)12(7)64-5-67)14(30,31)15(32,33)16(34,35)17(36,37)18(38,39)19(40,41)20(42,43)21(44,45)22(46,47)23(48,49)24(50,51)25(52,53)26(54,55)27(56,57)28(58,59)29(60,61)62/h3H,6H2,1-2H3,(H,65,69). The summed E-state index contributed by atoms with van der Waals surface area (Å²) in [6, 6.07) is -0.613. The van der Waals surface area contributed by atoms with E-state index in [2.05, 4.69) is 14.7 Å². The van der Waals surface area contributed by atoms with Crippen LogP contribution in [0.25, 0.3) is 0 Å². The van der Waals surface area contributed by atoms with Crippen LogP contribution in [-0.2, 0) is 25.0 Å². The molecule has 0 unspecified atom stereocenters. The van der Waals surface area contributed by atoms with Crippen molar-refractivity contribution in [3.05, 3.63) is 22.8 Å². The number of nitrogens with one attached hydrogen (secondary N) is 1. The summed E-state index contributed by atoms with van der Waals surface area (Å²) < 4.78 is 469. The van der Waals surface area contributed by atoms with Gasteiger partial charge in [0.25, 0.3) is 5.91 Å². The van der Waals surface area contributed by atoms with Crippen LogP contribution in [0.5, 0.6) is 0 Å². The molecule has 0 radical (unpaired) electrons. The van der Waals surface area contributed by atoms with E-state index in [1.807, 2.05) is 0 Å². The second-order valence-corrected chi connectivity index (χ2v) is 13.1. The number of halogens is 33. The van der Waals surface area contributed by atoms with Gasteiger partial charge in [0.1, 0.15) is 11.4 Å². The first-order chi connectivity index (χ1) is 30.4. The minimum absolute atomic E-state index is 0.288. The average Bonchev–Trinajstić information content (AvgIpc) is 3.17. The van der Waals surface area contributed by atoms with Gasteiger partial charge in [0.15, 0.2) is 6.73 Å². The van der Waals surface area contributed by atoms with Gasteiger partial charge in [0.2, 0.25) is 12.2 Å². The second-order valence-electron chi connectivity index (χ2n) is 13.1. The van der Waals surface area contributed by atoms with E-state index in [-0.39, 0.29) is 6.92 Å². The number of esters is 1. The zero-order valence-electron chi connectivity index (χ0n) is 31.7. The molecule has 0 spiro atoms. The number of nitrogens with zero attached hydrogens (tertiary/aromatic N) is 2. The van der Waals surface area contributed by atoms with Crippen molar-refractivity contribution in [1.29, 1.82) is 0 Å². The van der Waals surface area contributed by atoms with E-state index in [4.69, 9.17) is 0 Å². The van der Waals surface area contributed by atoms with Crippen molar-refractivity contribution in [2.24, 2.45) is 9.98 Å². The van der Waals surface area contributed by atoms with Crippen LogP contribution in [-0.4, -0.2) is 120 Å². The molecular formula is C29H10F33N3O5. The Balaban J connectivity index is 4.32. The predicted octanol–water partition coefficient (Wildman–Crippen LogP) is 11.7. The monoisotopic (exact) mass is 1110 g/mol. The van der Waals surface area contributed by atoms with Gasteiger partial charge in [0, 0.05) is 12.5 Å². The molecule has 70 heavy (non-hydrogen) atoms. The van der Waals surface area contributed by atoms with Crippen molar-refractivity contribution in [3.63, 3.8) is 0 Å². The van der Waals surface area contributed by atoms with Crippen molar-refractivity contribution in [3.8, 4) is 0 Å². The number of carbonyl (C=O) groups is 2. The van der Waals surface area contributed by atoms with E-state index in [1.54, 1.807) is 0 Å². The first-order valence-corrected chi connectivity index (χ1v) is 15.9. The summed E-state index contributed by atoms with van der Waals surface area (Å²) in [6.07, 6.45) is -7.68. The summed E-state index contributed by atoms with van der Waals surface area (Å²) in [6.45, 7) is -1.49. The smallest absolute Gasteiger partial charge is 0.445 e. The van der Waals surface area contributed by atoms with Crippen LogP contribution >= 0.6 is 0 Å². The van der Waals surface area contributed by atoms with Gasteiger partial charge in [-0.2, -0.15) is 155 Å². The van der Waals surface area contributed by atoms with Crippen molar-refractivity contribution in [2.75, 3.05) is 6.73 Å². The summed E-state index contributed by atoms with van der Waals surface area (Å²) in [5.74, 6) is -151. The van der Waals surface area contributed by atoms with Crippen LogP contribution in [0.4, 0.5) is 156 Å². The molecule has 0 saturated heterocycles. The lowest BCUT2D eigenvalue weighted by Crippen LogP contribution is -2.79. The maximum atomic E-state index is 15.6. The minimum Gasteiger partial charge on any atom is -0.445 e. The number of aliphatic imine (C=N–C) groups is 2. The third-order valence-corrected chi connectivity index (χ3v) is 8.79. The molecule has 1 amide bonds. The fourth-order valence-corrected chi connectivity index (χ4v) is 4.89. The number of ether oxygens (including phenoxy) is 1. The zero-order chi connectivity index (χ0) is 56.7. The molecule has 0 aliphatic rings. The summed E-state index contributed by atoms with van der Waals surface area (Å²) in [5.41, 5.74) is -11.9. The van der Waals surface area contributed by atoms with Gasteiger partial charge in [-0.3, -0.25) is 9.59 Å². The van der Waals surface area contributed by atoms with E-state index in [1.165, 1.54) is 0 Å². The maximum absolute atomic E-state index is 15.6. The quantitative estimate of drug-likeness (QED) is 0.0459. The van der Waals surface area contributed by atoms with Crippen LogP contribution in [0.15, 0.2) is 16.1 Å².